The SMILES string of the molecule is COC1CC(NC(=O)c2cnc(NCCN3CCCC3)c([C@H](C)c3ccc(F)cc3)n2)C1.O=C(O)C(F)(F)F. The molecular formula is C26H33F4N5O4. The van der Waals surface area contributed by atoms with Crippen LogP contribution in [-0.2, 0) is 9.53 Å². The van der Waals surface area contributed by atoms with Gasteiger partial charge in [0.05, 0.1) is 18.0 Å². The fourth-order valence-corrected chi connectivity index (χ4v) is 4.33. The maximum absolute atomic E-state index is 13.4. The first kappa shape index (κ1) is 30.2. The molecule has 0 unspecified atom stereocenters. The van der Waals surface area contributed by atoms with E-state index in [1.165, 1.54) is 31.2 Å². The van der Waals surface area contributed by atoms with Crippen molar-refractivity contribution in [2.45, 2.75) is 56.8 Å². The van der Waals surface area contributed by atoms with Gasteiger partial charge in [-0.1, -0.05) is 19.1 Å². The molecule has 1 saturated carbocycles. The Bertz CT molecular complexity index is 1100. The normalized spacial score (nSPS) is 19.8. The van der Waals surface area contributed by atoms with Crippen LogP contribution in [0.2, 0.25) is 0 Å². The Balaban J connectivity index is 0.000000532. The number of benzene rings is 1. The molecule has 39 heavy (non-hydrogen) atoms. The summed E-state index contributed by atoms with van der Waals surface area (Å²) in [6.45, 7) is 5.97. The minimum Gasteiger partial charge on any atom is -0.475 e. The average molecular weight is 556 g/mol. The molecule has 0 bridgehead atoms. The van der Waals surface area contributed by atoms with Crippen molar-refractivity contribution < 1.29 is 37.0 Å². The van der Waals surface area contributed by atoms with Gasteiger partial charge in [-0.15, -0.1) is 0 Å². The van der Waals surface area contributed by atoms with Crippen LogP contribution in [0.5, 0.6) is 0 Å². The Kier molecular flexibility index (Phi) is 10.6. The van der Waals surface area contributed by atoms with Crippen LogP contribution < -0.4 is 10.6 Å². The van der Waals surface area contributed by atoms with E-state index in [9.17, 15) is 22.4 Å². The maximum atomic E-state index is 13.4. The Hall–Kier alpha value is -3.32. The summed E-state index contributed by atoms with van der Waals surface area (Å²) in [6, 6.07) is 6.49. The van der Waals surface area contributed by atoms with Gasteiger partial charge in [-0.3, -0.25) is 4.79 Å². The van der Waals surface area contributed by atoms with Crippen molar-refractivity contribution in [1.29, 1.82) is 0 Å². The number of nitrogens with one attached hydrogen (secondary N) is 2. The number of methoxy groups -OCH3 is 1. The molecule has 2 fully saturated rings. The molecule has 4 rings (SSSR count). The summed E-state index contributed by atoms with van der Waals surface area (Å²) in [5.74, 6) is -2.74. The molecule has 1 aliphatic carbocycles. The number of ether oxygens (including phenoxy) is 1. The zero-order valence-electron chi connectivity index (χ0n) is 21.8. The van der Waals surface area contributed by atoms with Crippen molar-refractivity contribution in [3.05, 3.63) is 53.2 Å². The third kappa shape index (κ3) is 8.85. The molecule has 13 heteroatoms. The lowest BCUT2D eigenvalue weighted by atomic mass is 9.89. The summed E-state index contributed by atoms with van der Waals surface area (Å²) in [6.07, 6.45) is 0.782. The second-order valence-electron chi connectivity index (χ2n) is 9.54. The number of hydrogen-bond donors (Lipinski definition) is 3. The van der Waals surface area contributed by atoms with Gasteiger partial charge in [-0.2, -0.15) is 13.2 Å². The van der Waals surface area contributed by atoms with Crippen LogP contribution in [0, 0.1) is 5.82 Å². The number of aliphatic carboxylic acids is 1. The predicted molar refractivity (Wildman–Crippen MR) is 135 cm³/mol. The summed E-state index contributed by atoms with van der Waals surface area (Å²) in [5.41, 5.74) is 1.90. The number of aromatic nitrogens is 2. The van der Waals surface area contributed by atoms with E-state index in [0.717, 1.165) is 44.6 Å². The third-order valence-corrected chi connectivity index (χ3v) is 6.74. The number of carbonyl (C=O) groups excluding carboxylic acids is 1. The van der Waals surface area contributed by atoms with Gasteiger partial charge in [0.1, 0.15) is 17.3 Å². The number of carboxylic acid groups (broad SMARTS) is 1. The van der Waals surface area contributed by atoms with Crippen molar-refractivity contribution >= 4 is 17.7 Å². The zero-order valence-corrected chi connectivity index (χ0v) is 21.8. The van der Waals surface area contributed by atoms with Gasteiger partial charge >= 0.3 is 12.1 Å². The van der Waals surface area contributed by atoms with E-state index in [1.54, 1.807) is 19.2 Å². The van der Waals surface area contributed by atoms with Gasteiger partial charge in [0.25, 0.3) is 5.91 Å². The highest BCUT2D eigenvalue weighted by atomic mass is 19.4. The molecule has 1 atom stereocenters. The third-order valence-electron chi connectivity index (χ3n) is 6.74. The van der Waals surface area contributed by atoms with Crippen LogP contribution in [0.1, 0.15) is 60.3 Å². The topological polar surface area (TPSA) is 117 Å². The maximum Gasteiger partial charge on any atom is 0.490 e. The molecule has 214 valence electrons. The smallest absolute Gasteiger partial charge is 0.475 e. The van der Waals surface area contributed by atoms with Crippen molar-refractivity contribution in [2.24, 2.45) is 0 Å². The van der Waals surface area contributed by atoms with Crippen molar-refractivity contribution in [1.82, 2.24) is 20.2 Å². The number of rotatable bonds is 9. The number of anilines is 1. The lowest BCUT2D eigenvalue weighted by molar-refractivity contribution is -0.192. The van der Waals surface area contributed by atoms with E-state index in [2.05, 4.69) is 20.5 Å². The van der Waals surface area contributed by atoms with E-state index in [-0.39, 0.29) is 29.8 Å². The molecule has 1 saturated heterocycles. The molecule has 1 aromatic carbocycles. The molecule has 1 amide bonds. The van der Waals surface area contributed by atoms with Crippen LogP contribution in [0.4, 0.5) is 23.4 Å². The number of likely N-dealkylation sites (tertiary alicyclic amines) is 1. The van der Waals surface area contributed by atoms with Crippen LogP contribution in [-0.4, -0.2) is 83.5 Å². The van der Waals surface area contributed by atoms with E-state index in [0.29, 0.717) is 17.2 Å². The molecule has 1 aliphatic heterocycles. The summed E-state index contributed by atoms with van der Waals surface area (Å²) in [5, 5.41) is 13.5. The lowest BCUT2D eigenvalue weighted by Gasteiger charge is -2.34. The van der Waals surface area contributed by atoms with Gasteiger partial charge in [0.2, 0.25) is 0 Å². The zero-order chi connectivity index (χ0) is 28.6. The molecule has 2 heterocycles. The molecule has 2 aliphatic rings. The van der Waals surface area contributed by atoms with Crippen molar-refractivity contribution in [3.8, 4) is 0 Å². The quantitative estimate of drug-likeness (QED) is 0.400. The largest absolute Gasteiger partial charge is 0.490 e. The van der Waals surface area contributed by atoms with Gasteiger partial charge in [-0.05, 0) is 56.5 Å². The first-order valence-corrected chi connectivity index (χ1v) is 12.7. The second kappa shape index (κ2) is 13.7. The molecule has 0 spiro atoms. The Morgan fingerprint density at radius 3 is 2.36 bits per heavy atom. The summed E-state index contributed by atoms with van der Waals surface area (Å²) in [4.78, 5) is 33.3. The monoisotopic (exact) mass is 555 g/mol. The second-order valence-corrected chi connectivity index (χ2v) is 9.54. The van der Waals surface area contributed by atoms with Crippen LogP contribution in [0.3, 0.4) is 0 Å². The number of nitrogens with zero attached hydrogens (tertiary/aromatic N) is 3. The molecule has 1 aromatic heterocycles. The van der Waals surface area contributed by atoms with Crippen LogP contribution >= 0.6 is 0 Å². The van der Waals surface area contributed by atoms with E-state index >= 15 is 0 Å². The average Bonchev–Trinajstić information content (AvgIpc) is 3.39. The summed E-state index contributed by atoms with van der Waals surface area (Å²) < 4.78 is 50.4. The van der Waals surface area contributed by atoms with Gasteiger partial charge < -0.3 is 25.4 Å². The van der Waals surface area contributed by atoms with Gasteiger partial charge in [-0.25, -0.2) is 19.2 Å². The number of carbonyl (C=O) groups is 2. The molecule has 3 N–H and O–H groups in total. The summed E-state index contributed by atoms with van der Waals surface area (Å²) in [7, 11) is 1.69. The van der Waals surface area contributed by atoms with E-state index in [4.69, 9.17) is 19.6 Å². The number of hydrogen-bond acceptors (Lipinski definition) is 7. The fraction of sp³-hybridized carbons (Fsp3) is 0.538. The van der Waals surface area contributed by atoms with E-state index < -0.39 is 12.1 Å². The predicted octanol–water partition coefficient (Wildman–Crippen LogP) is 3.82. The van der Waals surface area contributed by atoms with Gasteiger partial charge in [0, 0.05) is 32.2 Å². The first-order chi connectivity index (χ1) is 18.5. The van der Waals surface area contributed by atoms with E-state index in [1.807, 2.05) is 6.92 Å². The minimum atomic E-state index is -5.08. The molecule has 9 nitrogen and oxygen atoms in total. The summed E-state index contributed by atoms with van der Waals surface area (Å²) >= 11 is 0. The van der Waals surface area contributed by atoms with Crippen LogP contribution in [0.15, 0.2) is 30.5 Å². The Labute approximate surface area is 224 Å². The molecule has 2 aromatic rings. The van der Waals surface area contributed by atoms with Gasteiger partial charge in [0.15, 0.2) is 0 Å². The minimum absolute atomic E-state index is 0.102. The number of amides is 1. The highest BCUT2D eigenvalue weighted by Crippen LogP contribution is 2.28. The molecular weight excluding hydrogens is 522 g/mol. The fourth-order valence-electron chi connectivity index (χ4n) is 4.33. The first-order valence-electron chi connectivity index (χ1n) is 12.7. The number of alkyl halides is 3. The standard InChI is InChI=1S/C24H32FN5O2.C2HF3O2/c1-16(17-5-7-18(25)8-6-17)22-23(26-9-12-30-10-3-4-11-30)27-15-21(29-22)24(31)28-19-13-20(14-19)32-2;3-2(4,5)1(6)7/h5-8,15-16,19-20H,3-4,9-14H2,1-2H3,(H,26,27)(H,28,31);(H,6,7)/t16-,19?,20?;/m1./s1. The highest BCUT2D eigenvalue weighted by Gasteiger charge is 2.38. The van der Waals surface area contributed by atoms with Crippen LogP contribution in [0.25, 0.3) is 0 Å². The highest BCUT2D eigenvalue weighted by molar-refractivity contribution is 5.92. The number of carboxylic acids is 1. The van der Waals surface area contributed by atoms with Crippen molar-refractivity contribution in [2.75, 3.05) is 38.6 Å². The molecule has 0 radical (unpaired) electrons. The van der Waals surface area contributed by atoms with Crippen molar-refractivity contribution in [3.63, 3.8) is 0 Å². The lowest BCUT2D eigenvalue weighted by Crippen LogP contribution is -2.47. The Morgan fingerprint density at radius 2 is 1.79 bits per heavy atom. The number of halogens is 4. The Morgan fingerprint density at radius 1 is 1.18 bits per heavy atom.